The van der Waals surface area contributed by atoms with E-state index in [1.165, 1.54) is 12.1 Å². The fourth-order valence-electron chi connectivity index (χ4n) is 0.885. The Kier molecular flexibility index (Phi) is 3.47. The highest BCUT2D eigenvalue weighted by molar-refractivity contribution is 5.49. The van der Waals surface area contributed by atoms with Gasteiger partial charge in [0.05, 0.1) is 0 Å². The van der Waals surface area contributed by atoms with Gasteiger partial charge in [-0.3, -0.25) is 0 Å². The van der Waals surface area contributed by atoms with Gasteiger partial charge in [-0.25, -0.2) is 4.39 Å². The summed E-state index contributed by atoms with van der Waals surface area (Å²) < 4.78 is 48.0. The lowest BCUT2D eigenvalue weighted by Gasteiger charge is -2.09. The smallest absolute Gasteiger partial charge is 0.380 e. The molecule has 0 fully saturated rings. The van der Waals surface area contributed by atoms with Crippen molar-refractivity contribution < 1.29 is 22.7 Å². The van der Waals surface area contributed by atoms with E-state index in [1.54, 1.807) is 0 Å². The molecule has 1 nitrogen and oxygen atoms in total. The van der Waals surface area contributed by atoms with E-state index in [2.05, 4.69) is 0 Å². The molecular formula is C10H8F4O. The summed E-state index contributed by atoms with van der Waals surface area (Å²) in [6, 6.07) is 4.88. The maximum atomic E-state index is 12.4. The quantitative estimate of drug-likeness (QED) is 0.760. The number of aliphatic hydroxyl groups excluding tert-OH is 1. The fourth-order valence-corrected chi connectivity index (χ4v) is 0.885. The molecule has 5 heteroatoms. The van der Waals surface area contributed by atoms with E-state index in [0.29, 0.717) is 11.6 Å². The first kappa shape index (κ1) is 11.7. The van der Waals surface area contributed by atoms with Crippen LogP contribution < -0.4 is 0 Å². The minimum Gasteiger partial charge on any atom is -0.380 e. The lowest BCUT2D eigenvalue weighted by Crippen LogP contribution is -2.25. The van der Waals surface area contributed by atoms with E-state index in [4.69, 9.17) is 5.11 Å². The Balaban J connectivity index is 2.70. The van der Waals surface area contributed by atoms with Crippen molar-refractivity contribution in [1.82, 2.24) is 0 Å². The minimum absolute atomic E-state index is 0.389. The zero-order chi connectivity index (χ0) is 11.5. The van der Waals surface area contributed by atoms with Crippen LogP contribution in [0.1, 0.15) is 5.56 Å². The standard InChI is InChI=1S/C10H8F4O/c11-8-4-1-7(2-5-8)3-6-9(15)10(12,13)14/h1-6,9,15H/b6-3+/t9-/m1/s1. The van der Waals surface area contributed by atoms with Crippen molar-refractivity contribution >= 4 is 6.08 Å². The highest BCUT2D eigenvalue weighted by Gasteiger charge is 2.35. The van der Waals surface area contributed by atoms with Crippen molar-refractivity contribution in [2.75, 3.05) is 0 Å². The largest absolute Gasteiger partial charge is 0.417 e. The van der Waals surface area contributed by atoms with Crippen molar-refractivity contribution in [1.29, 1.82) is 0 Å². The molecule has 1 aromatic carbocycles. The van der Waals surface area contributed by atoms with E-state index in [9.17, 15) is 17.6 Å². The van der Waals surface area contributed by atoms with E-state index in [1.807, 2.05) is 0 Å². The highest BCUT2D eigenvalue weighted by atomic mass is 19.4. The third kappa shape index (κ3) is 3.71. The van der Waals surface area contributed by atoms with Gasteiger partial charge >= 0.3 is 6.18 Å². The zero-order valence-electron chi connectivity index (χ0n) is 7.50. The molecule has 1 rings (SSSR count). The average Bonchev–Trinajstić information content (AvgIpc) is 2.15. The summed E-state index contributed by atoms with van der Waals surface area (Å²) in [5.74, 6) is -0.469. The van der Waals surface area contributed by atoms with Gasteiger partial charge in [-0.2, -0.15) is 13.2 Å². The maximum absolute atomic E-state index is 12.4. The summed E-state index contributed by atoms with van der Waals surface area (Å²) in [5, 5.41) is 8.62. The Bertz CT molecular complexity index is 339. The molecular weight excluding hydrogens is 212 g/mol. The van der Waals surface area contributed by atoms with E-state index >= 15 is 0 Å². The van der Waals surface area contributed by atoms with Crippen LogP contribution in [0.15, 0.2) is 30.3 Å². The van der Waals surface area contributed by atoms with Gasteiger partial charge in [-0.1, -0.05) is 18.2 Å². The molecule has 0 heterocycles. The van der Waals surface area contributed by atoms with Gasteiger partial charge in [0.2, 0.25) is 0 Å². The SMILES string of the molecule is O[C@H](/C=C/c1ccc(F)cc1)C(F)(F)F. The molecule has 82 valence electrons. The summed E-state index contributed by atoms with van der Waals surface area (Å²) in [6.45, 7) is 0. The number of halogens is 4. The van der Waals surface area contributed by atoms with Crippen molar-refractivity contribution in [3.05, 3.63) is 41.7 Å². The molecule has 0 aromatic heterocycles. The van der Waals surface area contributed by atoms with E-state index < -0.39 is 18.1 Å². The van der Waals surface area contributed by atoms with Gasteiger partial charge < -0.3 is 5.11 Å². The Labute approximate surface area is 83.7 Å². The van der Waals surface area contributed by atoms with Crippen LogP contribution >= 0.6 is 0 Å². The monoisotopic (exact) mass is 220 g/mol. The molecule has 0 saturated carbocycles. The van der Waals surface area contributed by atoms with Gasteiger partial charge in [-0.05, 0) is 23.8 Å². The molecule has 0 aliphatic rings. The molecule has 0 aliphatic heterocycles. The molecule has 1 N–H and O–H groups in total. The second kappa shape index (κ2) is 4.44. The second-order valence-electron chi connectivity index (χ2n) is 2.90. The second-order valence-corrected chi connectivity index (χ2v) is 2.90. The molecule has 15 heavy (non-hydrogen) atoms. The predicted octanol–water partition coefficient (Wildman–Crippen LogP) is 2.76. The molecule has 0 unspecified atom stereocenters. The average molecular weight is 220 g/mol. The van der Waals surface area contributed by atoms with Crippen LogP contribution in [0.2, 0.25) is 0 Å². The normalized spacial score (nSPS) is 14.5. The van der Waals surface area contributed by atoms with Crippen molar-refractivity contribution in [3.63, 3.8) is 0 Å². The van der Waals surface area contributed by atoms with Crippen LogP contribution in [0.5, 0.6) is 0 Å². The van der Waals surface area contributed by atoms with E-state index in [0.717, 1.165) is 18.2 Å². The third-order valence-electron chi connectivity index (χ3n) is 1.68. The summed E-state index contributed by atoms with van der Waals surface area (Å²) >= 11 is 0. The highest BCUT2D eigenvalue weighted by Crippen LogP contribution is 2.21. The van der Waals surface area contributed by atoms with Gasteiger partial charge in [0.1, 0.15) is 5.82 Å². The lowest BCUT2D eigenvalue weighted by atomic mass is 10.2. The molecule has 0 spiro atoms. The van der Waals surface area contributed by atoms with Crippen molar-refractivity contribution in [2.45, 2.75) is 12.3 Å². The summed E-state index contributed by atoms with van der Waals surface area (Å²) in [6.07, 6.45) is -5.48. The maximum Gasteiger partial charge on any atom is 0.417 e. The molecule has 1 aromatic rings. The van der Waals surface area contributed by atoms with Gasteiger partial charge in [0.25, 0.3) is 0 Å². The lowest BCUT2D eigenvalue weighted by molar-refractivity contribution is -0.187. The number of hydrogen-bond acceptors (Lipinski definition) is 1. The molecule has 0 radical (unpaired) electrons. The number of aliphatic hydroxyl groups is 1. The van der Waals surface area contributed by atoms with E-state index in [-0.39, 0.29) is 0 Å². The molecule has 1 atom stereocenters. The zero-order valence-corrected chi connectivity index (χ0v) is 7.50. The van der Waals surface area contributed by atoms with Crippen LogP contribution in [0, 0.1) is 5.82 Å². The first-order valence-corrected chi connectivity index (χ1v) is 4.08. The van der Waals surface area contributed by atoms with Crippen LogP contribution in [-0.4, -0.2) is 17.4 Å². The number of rotatable bonds is 2. The number of alkyl halides is 3. The number of benzene rings is 1. The molecule has 0 saturated heterocycles. The first-order valence-electron chi connectivity index (χ1n) is 4.08. The fraction of sp³-hybridized carbons (Fsp3) is 0.200. The van der Waals surface area contributed by atoms with Crippen LogP contribution in [0.25, 0.3) is 6.08 Å². The Morgan fingerprint density at radius 1 is 1.13 bits per heavy atom. The summed E-state index contributed by atoms with van der Waals surface area (Å²) in [4.78, 5) is 0. The number of hydrogen-bond donors (Lipinski definition) is 1. The van der Waals surface area contributed by atoms with Crippen LogP contribution in [0.4, 0.5) is 17.6 Å². The van der Waals surface area contributed by atoms with Gasteiger partial charge in [0, 0.05) is 0 Å². The topological polar surface area (TPSA) is 20.2 Å². The van der Waals surface area contributed by atoms with Gasteiger partial charge in [0.15, 0.2) is 6.10 Å². The first-order chi connectivity index (χ1) is 6.89. The summed E-state index contributed by atoms with van der Waals surface area (Å²) in [5.41, 5.74) is 0.389. The Morgan fingerprint density at radius 2 is 1.67 bits per heavy atom. The molecule has 0 aliphatic carbocycles. The third-order valence-corrected chi connectivity index (χ3v) is 1.68. The Morgan fingerprint density at radius 3 is 2.13 bits per heavy atom. The van der Waals surface area contributed by atoms with Crippen LogP contribution in [-0.2, 0) is 0 Å². The van der Waals surface area contributed by atoms with Crippen molar-refractivity contribution in [2.24, 2.45) is 0 Å². The molecule has 0 bridgehead atoms. The molecule has 0 amide bonds. The Hall–Kier alpha value is -1.36. The minimum atomic E-state index is -4.67. The van der Waals surface area contributed by atoms with Gasteiger partial charge in [-0.15, -0.1) is 0 Å². The predicted molar refractivity (Wildman–Crippen MR) is 47.5 cm³/mol. The van der Waals surface area contributed by atoms with Crippen LogP contribution in [0.3, 0.4) is 0 Å². The van der Waals surface area contributed by atoms with Crippen molar-refractivity contribution in [3.8, 4) is 0 Å². The summed E-state index contributed by atoms with van der Waals surface area (Å²) in [7, 11) is 0.